The van der Waals surface area contributed by atoms with Gasteiger partial charge in [-0.15, -0.1) is 10.2 Å². The molecule has 24 heavy (non-hydrogen) atoms. The number of guanidine groups is 1. The van der Waals surface area contributed by atoms with Gasteiger partial charge in [0.05, 0.1) is 6.04 Å². The number of rotatable bonds is 5. The van der Waals surface area contributed by atoms with Crippen molar-refractivity contribution in [2.75, 3.05) is 6.54 Å². The van der Waals surface area contributed by atoms with Gasteiger partial charge in [0.1, 0.15) is 18.2 Å². The molecule has 0 aliphatic carbocycles. The largest absolute Gasteiger partial charge is 0.357 e. The van der Waals surface area contributed by atoms with Crippen LogP contribution < -0.4 is 10.6 Å². The molecule has 2 N–H and O–H groups in total. The number of aromatic nitrogens is 3. The van der Waals surface area contributed by atoms with Crippen molar-refractivity contribution in [3.8, 4) is 0 Å². The highest BCUT2D eigenvalue weighted by atomic mass is 19.1. The summed E-state index contributed by atoms with van der Waals surface area (Å²) in [7, 11) is 1.91. The predicted octanol–water partition coefficient (Wildman–Crippen LogP) is 2.39. The van der Waals surface area contributed by atoms with E-state index in [2.05, 4.69) is 25.8 Å². The van der Waals surface area contributed by atoms with E-state index in [0.29, 0.717) is 18.1 Å². The van der Waals surface area contributed by atoms with Gasteiger partial charge in [0.25, 0.3) is 0 Å². The first kappa shape index (κ1) is 17.9. The Morgan fingerprint density at radius 3 is 2.67 bits per heavy atom. The second-order valence-corrected chi connectivity index (χ2v) is 5.79. The van der Waals surface area contributed by atoms with E-state index >= 15 is 0 Å². The van der Waals surface area contributed by atoms with Crippen LogP contribution in [0.4, 0.5) is 4.39 Å². The Kier molecular flexibility index (Phi) is 5.89. The molecule has 2 aromatic rings. The van der Waals surface area contributed by atoms with Crippen molar-refractivity contribution in [2.24, 2.45) is 12.0 Å². The molecule has 1 heterocycles. The SMILES string of the molecule is CCNC(=NCc1nnc(C)n1C)NC(C)c1ccc(C)c(F)c1. The third kappa shape index (κ3) is 4.31. The summed E-state index contributed by atoms with van der Waals surface area (Å²) in [5.74, 6) is 2.10. The lowest BCUT2D eigenvalue weighted by atomic mass is 10.1. The average Bonchev–Trinajstić information content (AvgIpc) is 2.87. The Morgan fingerprint density at radius 1 is 1.33 bits per heavy atom. The minimum atomic E-state index is -0.197. The average molecular weight is 332 g/mol. The fourth-order valence-electron chi connectivity index (χ4n) is 2.23. The first-order valence-corrected chi connectivity index (χ1v) is 8.08. The summed E-state index contributed by atoms with van der Waals surface area (Å²) in [5.41, 5.74) is 1.52. The summed E-state index contributed by atoms with van der Waals surface area (Å²) in [5, 5.41) is 14.6. The number of hydrogen-bond acceptors (Lipinski definition) is 3. The Balaban J connectivity index is 2.10. The molecule has 0 saturated heterocycles. The van der Waals surface area contributed by atoms with Crippen molar-refractivity contribution in [2.45, 2.75) is 40.3 Å². The second-order valence-electron chi connectivity index (χ2n) is 5.79. The van der Waals surface area contributed by atoms with Crippen LogP contribution in [0.15, 0.2) is 23.2 Å². The Hall–Kier alpha value is -2.44. The lowest BCUT2D eigenvalue weighted by Crippen LogP contribution is -2.38. The van der Waals surface area contributed by atoms with Crippen molar-refractivity contribution >= 4 is 5.96 Å². The summed E-state index contributed by atoms with van der Waals surface area (Å²) in [6.07, 6.45) is 0. The van der Waals surface area contributed by atoms with Crippen LogP contribution in [0.1, 0.15) is 42.7 Å². The van der Waals surface area contributed by atoms with Gasteiger partial charge in [0.2, 0.25) is 0 Å². The molecule has 2 rings (SSSR count). The van der Waals surface area contributed by atoms with Crippen LogP contribution in [0.3, 0.4) is 0 Å². The first-order chi connectivity index (χ1) is 11.4. The number of nitrogens with one attached hydrogen (secondary N) is 2. The third-order valence-electron chi connectivity index (χ3n) is 3.95. The summed E-state index contributed by atoms with van der Waals surface area (Å²) in [6, 6.07) is 5.20. The van der Waals surface area contributed by atoms with Gasteiger partial charge in [-0.25, -0.2) is 9.38 Å². The smallest absolute Gasteiger partial charge is 0.192 e. The number of nitrogens with zero attached hydrogens (tertiary/aromatic N) is 4. The monoisotopic (exact) mass is 332 g/mol. The van der Waals surface area contributed by atoms with Crippen LogP contribution in [0.25, 0.3) is 0 Å². The Labute approximate surface area is 142 Å². The highest BCUT2D eigenvalue weighted by Gasteiger charge is 2.10. The summed E-state index contributed by atoms with van der Waals surface area (Å²) < 4.78 is 15.7. The first-order valence-electron chi connectivity index (χ1n) is 8.08. The predicted molar refractivity (Wildman–Crippen MR) is 93.2 cm³/mol. The lowest BCUT2D eigenvalue weighted by Gasteiger charge is -2.18. The second kappa shape index (κ2) is 7.90. The minimum absolute atomic E-state index is 0.0702. The molecule has 0 aliphatic heterocycles. The van der Waals surface area contributed by atoms with Crippen LogP contribution in [0.2, 0.25) is 0 Å². The van der Waals surface area contributed by atoms with E-state index in [1.807, 2.05) is 38.5 Å². The van der Waals surface area contributed by atoms with Gasteiger partial charge in [-0.3, -0.25) is 0 Å². The molecule has 0 aliphatic rings. The van der Waals surface area contributed by atoms with Crippen molar-refractivity contribution in [1.82, 2.24) is 25.4 Å². The topological polar surface area (TPSA) is 67.1 Å². The van der Waals surface area contributed by atoms with Crippen molar-refractivity contribution < 1.29 is 4.39 Å². The molecule has 0 spiro atoms. The zero-order chi connectivity index (χ0) is 17.7. The number of benzene rings is 1. The molecule has 1 unspecified atom stereocenters. The molecular formula is C17H25FN6. The van der Waals surface area contributed by atoms with Gasteiger partial charge in [0, 0.05) is 13.6 Å². The number of halogens is 1. The van der Waals surface area contributed by atoms with Gasteiger partial charge < -0.3 is 15.2 Å². The fraction of sp³-hybridized carbons (Fsp3) is 0.471. The number of hydrogen-bond donors (Lipinski definition) is 2. The minimum Gasteiger partial charge on any atom is -0.357 e. The molecule has 0 fully saturated rings. The molecule has 0 saturated carbocycles. The zero-order valence-corrected chi connectivity index (χ0v) is 14.9. The maximum absolute atomic E-state index is 13.7. The lowest BCUT2D eigenvalue weighted by molar-refractivity contribution is 0.607. The maximum Gasteiger partial charge on any atom is 0.192 e. The van der Waals surface area contributed by atoms with Crippen molar-refractivity contribution in [3.63, 3.8) is 0 Å². The van der Waals surface area contributed by atoms with Crippen LogP contribution in [0, 0.1) is 19.7 Å². The molecule has 0 radical (unpaired) electrons. The van der Waals surface area contributed by atoms with Gasteiger partial charge in [-0.1, -0.05) is 12.1 Å². The molecule has 7 heteroatoms. The van der Waals surface area contributed by atoms with Crippen molar-refractivity contribution in [3.05, 3.63) is 46.8 Å². The quantitative estimate of drug-likeness (QED) is 0.652. The van der Waals surface area contributed by atoms with Gasteiger partial charge in [0.15, 0.2) is 11.8 Å². The highest BCUT2D eigenvalue weighted by molar-refractivity contribution is 5.80. The van der Waals surface area contributed by atoms with Crippen LogP contribution in [0.5, 0.6) is 0 Å². The normalized spacial score (nSPS) is 13.0. The molecule has 1 aromatic heterocycles. The van der Waals surface area contributed by atoms with E-state index in [1.54, 1.807) is 19.1 Å². The maximum atomic E-state index is 13.7. The molecule has 0 bridgehead atoms. The number of aliphatic imine (C=N–C) groups is 1. The molecule has 1 aromatic carbocycles. The summed E-state index contributed by atoms with van der Waals surface area (Å²) >= 11 is 0. The van der Waals surface area contributed by atoms with Crippen LogP contribution in [-0.2, 0) is 13.6 Å². The van der Waals surface area contributed by atoms with Crippen LogP contribution >= 0.6 is 0 Å². The molecule has 1 atom stereocenters. The van der Waals surface area contributed by atoms with E-state index in [0.717, 1.165) is 23.8 Å². The molecule has 130 valence electrons. The van der Waals surface area contributed by atoms with Gasteiger partial charge in [-0.05, 0) is 44.9 Å². The van der Waals surface area contributed by atoms with Crippen LogP contribution in [-0.4, -0.2) is 27.3 Å². The van der Waals surface area contributed by atoms with E-state index in [9.17, 15) is 4.39 Å². The third-order valence-corrected chi connectivity index (χ3v) is 3.95. The Morgan fingerprint density at radius 2 is 2.08 bits per heavy atom. The van der Waals surface area contributed by atoms with Gasteiger partial charge >= 0.3 is 0 Å². The van der Waals surface area contributed by atoms with E-state index in [4.69, 9.17) is 0 Å². The number of aryl methyl sites for hydroxylation is 2. The molecule has 6 nitrogen and oxygen atoms in total. The summed E-state index contributed by atoms with van der Waals surface area (Å²) in [6.45, 7) is 8.78. The van der Waals surface area contributed by atoms with Gasteiger partial charge in [-0.2, -0.15) is 0 Å². The summed E-state index contributed by atoms with van der Waals surface area (Å²) in [4.78, 5) is 4.54. The zero-order valence-electron chi connectivity index (χ0n) is 14.9. The van der Waals surface area contributed by atoms with E-state index in [1.165, 1.54) is 0 Å². The Bertz CT molecular complexity index is 722. The van der Waals surface area contributed by atoms with E-state index < -0.39 is 0 Å². The standard InChI is InChI=1S/C17H25FN6/c1-6-19-17(20-10-16-23-22-13(4)24(16)5)21-12(3)14-8-7-11(2)15(18)9-14/h7-9,12H,6,10H2,1-5H3,(H2,19,20,21). The van der Waals surface area contributed by atoms with Crippen molar-refractivity contribution in [1.29, 1.82) is 0 Å². The van der Waals surface area contributed by atoms with E-state index in [-0.39, 0.29) is 11.9 Å². The molecule has 0 amide bonds. The highest BCUT2D eigenvalue weighted by Crippen LogP contribution is 2.16. The molecular weight excluding hydrogens is 307 g/mol. The fourth-order valence-corrected chi connectivity index (χ4v) is 2.23.